The highest BCUT2D eigenvalue weighted by molar-refractivity contribution is 7.98. The summed E-state index contributed by atoms with van der Waals surface area (Å²) in [7, 11) is 1.63. The topological polar surface area (TPSA) is 46.5 Å². The van der Waals surface area contributed by atoms with Crippen LogP contribution in [0.4, 0.5) is 0 Å². The molecule has 3 nitrogen and oxygen atoms in total. The molecule has 0 bridgehead atoms. The van der Waals surface area contributed by atoms with Crippen molar-refractivity contribution in [3.05, 3.63) is 23.3 Å². The molecule has 1 aliphatic carbocycles. The van der Waals surface area contributed by atoms with Crippen LogP contribution >= 0.6 is 11.8 Å². The standard InChI is InChI=1S/C17H24O3S/c1-4-12-10-14(20-2)13(11-15(12)21-3)17(16(18)19)8-6-5-7-9-17/h10-11H,4-9H2,1-3H3,(H,18,19). The van der Waals surface area contributed by atoms with Crippen LogP contribution in [0.15, 0.2) is 17.0 Å². The summed E-state index contributed by atoms with van der Waals surface area (Å²) >= 11 is 1.68. The summed E-state index contributed by atoms with van der Waals surface area (Å²) in [6.07, 6.45) is 7.45. The van der Waals surface area contributed by atoms with Crippen LogP contribution in [-0.4, -0.2) is 24.4 Å². The van der Waals surface area contributed by atoms with E-state index in [1.165, 1.54) is 10.5 Å². The number of hydrogen-bond donors (Lipinski definition) is 1. The molecule has 1 saturated carbocycles. The molecule has 2 rings (SSSR count). The lowest BCUT2D eigenvalue weighted by atomic mass is 9.69. The van der Waals surface area contributed by atoms with Gasteiger partial charge in [0.2, 0.25) is 0 Å². The lowest BCUT2D eigenvalue weighted by Crippen LogP contribution is -2.38. The Labute approximate surface area is 131 Å². The van der Waals surface area contributed by atoms with Gasteiger partial charge in [0.25, 0.3) is 0 Å². The number of aryl methyl sites for hydroxylation is 1. The van der Waals surface area contributed by atoms with Gasteiger partial charge in [-0.1, -0.05) is 26.2 Å². The highest BCUT2D eigenvalue weighted by Gasteiger charge is 2.43. The molecule has 1 aliphatic rings. The maximum absolute atomic E-state index is 12.0. The summed E-state index contributed by atoms with van der Waals surface area (Å²) in [5.74, 6) is 0.0192. The fourth-order valence-corrected chi connectivity index (χ4v) is 4.07. The van der Waals surface area contributed by atoms with Crippen molar-refractivity contribution in [1.82, 2.24) is 0 Å². The molecular weight excluding hydrogens is 284 g/mol. The lowest BCUT2D eigenvalue weighted by molar-refractivity contribution is -0.145. The number of carbonyl (C=O) groups is 1. The van der Waals surface area contributed by atoms with Gasteiger partial charge in [0, 0.05) is 10.5 Å². The van der Waals surface area contributed by atoms with Crippen molar-refractivity contribution in [3.8, 4) is 5.75 Å². The zero-order valence-electron chi connectivity index (χ0n) is 13.1. The van der Waals surface area contributed by atoms with Crippen molar-refractivity contribution in [2.75, 3.05) is 13.4 Å². The van der Waals surface area contributed by atoms with E-state index < -0.39 is 11.4 Å². The van der Waals surface area contributed by atoms with Gasteiger partial charge in [-0.05, 0) is 43.2 Å². The van der Waals surface area contributed by atoms with Crippen LogP contribution in [-0.2, 0) is 16.6 Å². The van der Waals surface area contributed by atoms with Crippen molar-refractivity contribution in [1.29, 1.82) is 0 Å². The monoisotopic (exact) mass is 308 g/mol. The summed E-state index contributed by atoms with van der Waals surface area (Å²) in [6.45, 7) is 2.11. The zero-order valence-corrected chi connectivity index (χ0v) is 13.9. The maximum Gasteiger partial charge on any atom is 0.314 e. The van der Waals surface area contributed by atoms with E-state index in [-0.39, 0.29) is 0 Å². The molecular formula is C17H24O3S. The van der Waals surface area contributed by atoms with Crippen LogP contribution in [0.5, 0.6) is 5.75 Å². The maximum atomic E-state index is 12.0. The fraction of sp³-hybridized carbons (Fsp3) is 0.588. The molecule has 0 saturated heterocycles. The molecule has 1 aromatic rings. The highest BCUT2D eigenvalue weighted by Crippen LogP contribution is 2.45. The molecule has 0 amide bonds. The second-order valence-corrected chi connectivity index (χ2v) is 6.51. The average molecular weight is 308 g/mol. The number of carboxylic acid groups (broad SMARTS) is 1. The molecule has 0 aliphatic heterocycles. The third kappa shape index (κ3) is 2.91. The minimum absolute atomic E-state index is 0.706. The fourth-order valence-electron chi connectivity index (χ4n) is 3.36. The smallest absolute Gasteiger partial charge is 0.314 e. The van der Waals surface area contributed by atoms with Crippen molar-refractivity contribution < 1.29 is 14.6 Å². The Morgan fingerprint density at radius 2 is 2.00 bits per heavy atom. The van der Waals surface area contributed by atoms with Crippen molar-refractivity contribution in [2.45, 2.75) is 55.8 Å². The summed E-state index contributed by atoms with van der Waals surface area (Å²) in [6, 6.07) is 4.09. The summed E-state index contributed by atoms with van der Waals surface area (Å²) in [4.78, 5) is 13.2. The number of hydrogen-bond acceptors (Lipinski definition) is 3. The van der Waals surface area contributed by atoms with Gasteiger partial charge in [-0.15, -0.1) is 11.8 Å². The Bertz CT molecular complexity index is 519. The van der Waals surface area contributed by atoms with Gasteiger partial charge in [0.1, 0.15) is 5.75 Å². The second kappa shape index (κ2) is 6.73. The number of rotatable bonds is 5. The summed E-state index contributed by atoms with van der Waals surface area (Å²) < 4.78 is 5.54. The van der Waals surface area contributed by atoms with Crippen molar-refractivity contribution in [2.24, 2.45) is 0 Å². The van der Waals surface area contributed by atoms with Gasteiger partial charge in [0.05, 0.1) is 12.5 Å². The van der Waals surface area contributed by atoms with Gasteiger partial charge < -0.3 is 9.84 Å². The molecule has 116 valence electrons. The Hall–Kier alpha value is -1.16. The third-order valence-electron chi connectivity index (χ3n) is 4.62. The number of aliphatic carboxylic acids is 1. The molecule has 0 aromatic heterocycles. The van der Waals surface area contributed by atoms with E-state index in [0.29, 0.717) is 12.8 Å². The Kier molecular flexibility index (Phi) is 5.20. The lowest BCUT2D eigenvalue weighted by Gasteiger charge is -2.35. The number of thioether (sulfide) groups is 1. The largest absolute Gasteiger partial charge is 0.496 e. The second-order valence-electron chi connectivity index (χ2n) is 5.67. The summed E-state index contributed by atoms with van der Waals surface area (Å²) in [5, 5.41) is 9.89. The van der Waals surface area contributed by atoms with E-state index in [9.17, 15) is 9.90 Å². The quantitative estimate of drug-likeness (QED) is 0.825. The predicted molar refractivity (Wildman–Crippen MR) is 86.6 cm³/mol. The zero-order chi connectivity index (χ0) is 15.5. The first-order chi connectivity index (χ1) is 10.1. The molecule has 0 spiro atoms. The van der Waals surface area contributed by atoms with E-state index in [0.717, 1.165) is 37.0 Å². The molecule has 0 heterocycles. The van der Waals surface area contributed by atoms with Crippen LogP contribution in [0.25, 0.3) is 0 Å². The molecule has 0 radical (unpaired) electrons. The van der Waals surface area contributed by atoms with E-state index in [1.807, 2.05) is 12.3 Å². The number of methoxy groups -OCH3 is 1. The predicted octanol–water partition coefficient (Wildman–Crippen LogP) is 4.27. The molecule has 21 heavy (non-hydrogen) atoms. The number of ether oxygens (including phenoxy) is 1. The van der Waals surface area contributed by atoms with Gasteiger partial charge in [-0.2, -0.15) is 0 Å². The molecule has 0 atom stereocenters. The van der Waals surface area contributed by atoms with Gasteiger partial charge in [0.15, 0.2) is 0 Å². The van der Waals surface area contributed by atoms with Crippen LogP contribution < -0.4 is 4.74 Å². The minimum atomic E-state index is -0.777. The SMILES string of the molecule is CCc1cc(OC)c(C2(C(=O)O)CCCCC2)cc1SC. The van der Waals surface area contributed by atoms with Crippen LogP contribution in [0.3, 0.4) is 0 Å². The highest BCUT2D eigenvalue weighted by atomic mass is 32.2. The molecule has 4 heteroatoms. The third-order valence-corrected chi connectivity index (χ3v) is 5.44. The first kappa shape index (κ1) is 16.2. The van der Waals surface area contributed by atoms with Crippen LogP contribution in [0.1, 0.15) is 50.2 Å². The van der Waals surface area contributed by atoms with E-state index >= 15 is 0 Å². The van der Waals surface area contributed by atoms with Gasteiger partial charge >= 0.3 is 5.97 Å². The number of benzene rings is 1. The minimum Gasteiger partial charge on any atom is -0.496 e. The first-order valence-electron chi connectivity index (χ1n) is 7.57. The normalized spacial score (nSPS) is 17.5. The molecule has 1 N–H and O–H groups in total. The van der Waals surface area contributed by atoms with Crippen molar-refractivity contribution in [3.63, 3.8) is 0 Å². The van der Waals surface area contributed by atoms with E-state index in [2.05, 4.69) is 13.0 Å². The van der Waals surface area contributed by atoms with E-state index in [4.69, 9.17) is 4.74 Å². The molecule has 0 unspecified atom stereocenters. The van der Waals surface area contributed by atoms with Crippen LogP contribution in [0, 0.1) is 0 Å². The molecule has 1 aromatic carbocycles. The van der Waals surface area contributed by atoms with Crippen LogP contribution in [0.2, 0.25) is 0 Å². The van der Waals surface area contributed by atoms with Crippen molar-refractivity contribution >= 4 is 17.7 Å². The van der Waals surface area contributed by atoms with Gasteiger partial charge in [-0.3, -0.25) is 4.79 Å². The first-order valence-corrected chi connectivity index (χ1v) is 8.80. The summed E-state index contributed by atoms with van der Waals surface area (Å²) in [5.41, 5.74) is 1.30. The van der Waals surface area contributed by atoms with Gasteiger partial charge in [-0.25, -0.2) is 0 Å². The molecule has 1 fully saturated rings. The Morgan fingerprint density at radius 3 is 2.48 bits per heavy atom. The van der Waals surface area contributed by atoms with E-state index in [1.54, 1.807) is 18.9 Å². The Morgan fingerprint density at radius 1 is 1.33 bits per heavy atom. The Balaban J connectivity index is 2.61. The average Bonchev–Trinajstić information content (AvgIpc) is 2.53. The number of carboxylic acids is 1.